The summed E-state index contributed by atoms with van der Waals surface area (Å²) in [6, 6.07) is 1.40. The highest BCUT2D eigenvalue weighted by molar-refractivity contribution is 5.75. The molecular formula is C12H23NO2. The van der Waals surface area contributed by atoms with Crippen molar-refractivity contribution in [2.45, 2.75) is 52.1 Å². The number of carbonyl (C=O) groups is 1. The molecule has 3 nitrogen and oxygen atoms in total. The van der Waals surface area contributed by atoms with Crippen molar-refractivity contribution in [3.05, 3.63) is 0 Å². The van der Waals surface area contributed by atoms with E-state index in [1.54, 1.807) is 6.92 Å². The molecule has 1 rings (SSSR count). The monoisotopic (exact) mass is 213 g/mol. The lowest BCUT2D eigenvalue weighted by atomic mass is 10.3. The van der Waals surface area contributed by atoms with Gasteiger partial charge in [-0.05, 0) is 33.6 Å². The van der Waals surface area contributed by atoms with Crippen molar-refractivity contribution >= 4 is 5.78 Å². The lowest BCUT2D eigenvalue weighted by Gasteiger charge is -2.25. The van der Waals surface area contributed by atoms with Crippen LogP contribution in [0.1, 0.15) is 40.0 Å². The van der Waals surface area contributed by atoms with E-state index in [1.807, 2.05) is 0 Å². The standard InChI is InChI=1S/C12H23NO2/c1-10(2)13(12-4-5-12)7-9-15-8-6-11(3)14/h10,12H,4-9H2,1-3H3. The van der Waals surface area contributed by atoms with Crippen molar-refractivity contribution in [1.82, 2.24) is 4.90 Å². The van der Waals surface area contributed by atoms with E-state index in [1.165, 1.54) is 12.8 Å². The fraction of sp³-hybridized carbons (Fsp3) is 0.917. The van der Waals surface area contributed by atoms with Gasteiger partial charge in [0.2, 0.25) is 0 Å². The highest BCUT2D eigenvalue weighted by Crippen LogP contribution is 2.28. The van der Waals surface area contributed by atoms with E-state index in [9.17, 15) is 4.79 Å². The maximum absolute atomic E-state index is 10.7. The molecule has 0 spiro atoms. The summed E-state index contributed by atoms with van der Waals surface area (Å²) in [7, 11) is 0. The Labute approximate surface area is 92.8 Å². The van der Waals surface area contributed by atoms with Crippen LogP contribution in [0.3, 0.4) is 0 Å². The van der Waals surface area contributed by atoms with Crippen LogP contribution >= 0.6 is 0 Å². The van der Waals surface area contributed by atoms with Crippen LogP contribution < -0.4 is 0 Å². The van der Waals surface area contributed by atoms with E-state index < -0.39 is 0 Å². The second-order valence-corrected chi connectivity index (χ2v) is 4.63. The van der Waals surface area contributed by atoms with Crippen LogP contribution in [0, 0.1) is 0 Å². The van der Waals surface area contributed by atoms with Crippen molar-refractivity contribution in [2.24, 2.45) is 0 Å². The fourth-order valence-electron chi connectivity index (χ4n) is 1.76. The fourth-order valence-corrected chi connectivity index (χ4v) is 1.76. The Balaban J connectivity index is 2.04. The predicted molar refractivity (Wildman–Crippen MR) is 61.0 cm³/mol. The summed E-state index contributed by atoms with van der Waals surface area (Å²) in [5.41, 5.74) is 0. The van der Waals surface area contributed by atoms with E-state index in [-0.39, 0.29) is 5.78 Å². The van der Waals surface area contributed by atoms with Gasteiger partial charge in [-0.3, -0.25) is 9.69 Å². The number of ketones is 1. The molecule has 3 heteroatoms. The Hall–Kier alpha value is -0.410. The molecule has 0 saturated heterocycles. The summed E-state index contributed by atoms with van der Waals surface area (Å²) < 4.78 is 5.44. The molecule has 0 aromatic rings. The van der Waals surface area contributed by atoms with Gasteiger partial charge < -0.3 is 4.74 Å². The summed E-state index contributed by atoms with van der Waals surface area (Å²) >= 11 is 0. The zero-order valence-electron chi connectivity index (χ0n) is 10.2. The van der Waals surface area contributed by atoms with E-state index in [0.29, 0.717) is 19.1 Å². The van der Waals surface area contributed by atoms with Gasteiger partial charge in [0.25, 0.3) is 0 Å². The van der Waals surface area contributed by atoms with Gasteiger partial charge in [0, 0.05) is 25.0 Å². The number of hydrogen-bond acceptors (Lipinski definition) is 3. The normalized spacial score (nSPS) is 16.3. The first kappa shape index (κ1) is 12.7. The van der Waals surface area contributed by atoms with Crippen LogP contribution in [0.5, 0.6) is 0 Å². The first-order valence-corrected chi connectivity index (χ1v) is 5.94. The predicted octanol–water partition coefficient (Wildman–Crippen LogP) is 1.85. The van der Waals surface area contributed by atoms with Gasteiger partial charge in [0.1, 0.15) is 5.78 Å². The van der Waals surface area contributed by atoms with Crippen molar-refractivity contribution in [2.75, 3.05) is 19.8 Å². The summed E-state index contributed by atoms with van der Waals surface area (Å²) in [4.78, 5) is 13.2. The second-order valence-electron chi connectivity index (χ2n) is 4.63. The van der Waals surface area contributed by atoms with Gasteiger partial charge in [-0.25, -0.2) is 0 Å². The van der Waals surface area contributed by atoms with E-state index in [2.05, 4.69) is 18.7 Å². The minimum atomic E-state index is 0.206. The number of rotatable bonds is 8. The average Bonchev–Trinajstić information content (AvgIpc) is 2.93. The minimum absolute atomic E-state index is 0.206. The molecule has 0 aromatic carbocycles. The maximum atomic E-state index is 10.7. The first-order chi connectivity index (χ1) is 7.11. The molecule has 15 heavy (non-hydrogen) atoms. The molecule has 1 aliphatic carbocycles. The Morgan fingerprint density at radius 2 is 2.07 bits per heavy atom. The highest BCUT2D eigenvalue weighted by atomic mass is 16.5. The lowest BCUT2D eigenvalue weighted by Crippen LogP contribution is -2.35. The summed E-state index contributed by atoms with van der Waals surface area (Å²) in [6.45, 7) is 8.39. The molecule has 1 aliphatic rings. The zero-order valence-corrected chi connectivity index (χ0v) is 10.2. The number of nitrogens with zero attached hydrogens (tertiary/aromatic N) is 1. The minimum Gasteiger partial charge on any atom is -0.380 e. The van der Waals surface area contributed by atoms with E-state index in [4.69, 9.17) is 4.74 Å². The molecule has 0 unspecified atom stereocenters. The first-order valence-electron chi connectivity index (χ1n) is 5.94. The molecule has 0 radical (unpaired) electrons. The van der Waals surface area contributed by atoms with Gasteiger partial charge >= 0.3 is 0 Å². The van der Waals surface area contributed by atoms with Crippen LogP contribution in [0.4, 0.5) is 0 Å². The maximum Gasteiger partial charge on any atom is 0.132 e. The number of hydrogen-bond donors (Lipinski definition) is 0. The van der Waals surface area contributed by atoms with Gasteiger partial charge in [-0.15, -0.1) is 0 Å². The van der Waals surface area contributed by atoms with Crippen LogP contribution in [0.25, 0.3) is 0 Å². The smallest absolute Gasteiger partial charge is 0.132 e. The lowest BCUT2D eigenvalue weighted by molar-refractivity contribution is -0.118. The quantitative estimate of drug-likeness (QED) is 0.576. The molecule has 1 saturated carbocycles. The molecule has 0 aliphatic heterocycles. The van der Waals surface area contributed by atoms with Crippen molar-refractivity contribution in [1.29, 1.82) is 0 Å². The van der Waals surface area contributed by atoms with Gasteiger partial charge in [0.15, 0.2) is 0 Å². The Bertz CT molecular complexity index is 198. The van der Waals surface area contributed by atoms with Gasteiger partial charge in [-0.2, -0.15) is 0 Å². The van der Waals surface area contributed by atoms with Crippen molar-refractivity contribution in [3.63, 3.8) is 0 Å². The van der Waals surface area contributed by atoms with Crippen molar-refractivity contribution < 1.29 is 9.53 Å². The van der Waals surface area contributed by atoms with Crippen LogP contribution in [0.2, 0.25) is 0 Å². The molecule has 0 bridgehead atoms. The van der Waals surface area contributed by atoms with E-state index in [0.717, 1.165) is 19.2 Å². The molecule has 0 amide bonds. The third-order valence-electron chi connectivity index (χ3n) is 2.77. The summed E-state index contributed by atoms with van der Waals surface area (Å²) in [5, 5.41) is 0. The Morgan fingerprint density at radius 3 is 2.53 bits per heavy atom. The topological polar surface area (TPSA) is 29.5 Å². The number of ether oxygens (including phenoxy) is 1. The third kappa shape index (κ3) is 5.28. The average molecular weight is 213 g/mol. The molecule has 0 N–H and O–H groups in total. The SMILES string of the molecule is CC(=O)CCOCCN(C(C)C)C1CC1. The largest absolute Gasteiger partial charge is 0.380 e. The molecule has 0 atom stereocenters. The van der Waals surface area contributed by atoms with Crippen molar-refractivity contribution in [3.8, 4) is 0 Å². The van der Waals surface area contributed by atoms with Gasteiger partial charge in [-0.1, -0.05) is 0 Å². The third-order valence-corrected chi connectivity index (χ3v) is 2.77. The van der Waals surface area contributed by atoms with E-state index >= 15 is 0 Å². The zero-order chi connectivity index (χ0) is 11.3. The molecule has 1 fully saturated rings. The molecule has 0 heterocycles. The Kier molecular flexibility index (Phi) is 5.26. The van der Waals surface area contributed by atoms with Crippen LogP contribution in [-0.4, -0.2) is 42.5 Å². The van der Waals surface area contributed by atoms with Gasteiger partial charge in [0.05, 0.1) is 13.2 Å². The van der Waals surface area contributed by atoms with Crippen LogP contribution in [-0.2, 0) is 9.53 Å². The number of Topliss-reactive ketones (excluding diaryl/α,β-unsaturated/α-hetero) is 1. The molecular weight excluding hydrogens is 190 g/mol. The summed E-state index contributed by atoms with van der Waals surface area (Å²) in [5.74, 6) is 0.206. The Morgan fingerprint density at radius 1 is 1.40 bits per heavy atom. The number of carbonyl (C=O) groups excluding carboxylic acids is 1. The molecule has 0 aromatic heterocycles. The highest BCUT2D eigenvalue weighted by Gasteiger charge is 2.29. The summed E-state index contributed by atoms with van der Waals surface area (Å²) in [6.07, 6.45) is 3.22. The second kappa shape index (κ2) is 6.23. The molecule has 88 valence electrons. The van der Waals surface area contributed by atoms with Crippen LogP contribution in [0.15, 0.2) is 0 Å².